The Bertz CT molecular complexity index is 958. The molecule has 4 heterocycles. The van der Waals surface area contributed by atoms with E-state index < -0.39 is 18.3 Å². The quantitative estimate of drug-likeness (QED) is 0.594. The molecule has 1 fully saturated rings. The summed E-state index contributed by atoms with van der Waals surface area (Å²) >= 11 is 0. The van der Waals surface area contributed by atoms with Crippen molar-refractivity contribution < 1.29 is 19.7 Å². The van der Waals surface area contributed by atoms with E-state index in [1.807, 2.05) is 31.3 Å². The van der Waals surface area contributed by atoms with Crippen LogP contribution in [0.15, 0.2) is 36.8 Å². The molecule has 0 amide bonds. The van der Waals surface area contributed by atoms with Crippen molar-refractivity contribution in [2.75, 3.05) is 13.2 Å². The average Bonchev–Trinajstić information content (AvgIpc) is 3.30. The Kier molecular flexibility index (Phi) is 5.41. The van der Waals surface area contributed by atoms with Gasteiger partial charge in [0.15, 0.2) is 0 Å². The van der Waals surface area contributed by atoms with Gasteiger partial charge in [-0.1, -0.05) is 23.8 Å². The van der Waals surface area contributed by atoms with E-state index in [0.717, 1.165) is 28.7 Å². The summed E-state index contributed by atoms with van der Waals surface area (Å²) in [6.45, 7) is 4.84. The van der Waals surface area contributed by atoms with Crippen LogP contribution in [-0.2, 0) is 15.9 Å². The molecular formula is C21H25N3O4. The average molecular weight is 383 g/mol. The van der Waals surface area contributed by atoms with E-state index in [1.165, 1.54) is 11.1 Å². The number of nitrogens with one attached hydrogen (secondary N) is 1. The molecule has 0 radical (unpaired) electrons. The number of aromatic amines is 1. The lowest BCUT2D eigenvalue weighted by Gasteiger charge is -2.31. The summed E-state index contributed by atoms with van der Waals surface area (Å²) in [6.07, 6.45) is 1.89. The fraction of sp³-hybridized carbons (Fsp3) is 0.429. The molecular weight excluding hydrogens is 358 g/mol. The van der Waals surface area contributed by atoms with Crippen molar-refractivity contribution in [3.8, 4) is 0 Å². The maximum Gasteiger partial charge on any atom is 0.140 e. The third-order valence-corrected chi connectivity index (χ3v) is 5.32. The first kappa shape index (κ1) is 19.0. The second kappa shape index (κ2) is 7.97. The molecule has 4 atom stereocenters. The summed E-state index contributed by atoms with van der Waals surface area (Å²) in [6, 6.07) is 8.21. The third kappa shape index (κ3) is 3.66. The minimum absolute atomic E-state index is 0.174. The predicted molar refractivity (Wildman–Crippen MR) is 104 cm³/mol. The van der Waals surface area contributed by atoms with Crippen LogP contribution in [0.4, 0.5) is 0 Å². The van der Waals surface area contributed by atoms with E-state index in [4.69, 9.17) is 9.47 Å². The van der Waals surface area contributed by atoms with Gasteiger partial charge in [0.2, 0.25) is 0 Å². The number of aryl methyl sites for hydroxylation is 2. The first-order chi connectivity index (χ1) is 13.5. The van der Waals surface area contributed by atoms with E-state index >= 15 is 0 Å². The SMILES string of the molecule is Cc1ccc2c(c1)CCOC2C1OCC(O)C1O.Cc1ncnc2[nH]ccc12. The fourth-order valence-electron chi connectivity index (χ4n) is 3.78. The standard InChI is InChI=1S/C14H18O4.C7H7N3/c1-8-2-3-10-9(6-8)4-5-17-13(10)14-12(16)11(15)7-18-14;1-5-6-2-3-8-7(6)10-4-9-5/h2-3,6,11-16H,4-5,7H2,1H3;2-4H,1H3,(H,8,9,10). The maximum absolute atomic E-state index is 9.93. The van der Waals surface area contributed by atoms with Gasteiger partial charge in [-0.3, -0.25) is 0 Å². The highest BCUT2D eigenvalue weighted by molar-refractivity contribution is 5.77. The summed E-state index contributed by atoms with van der Waals surface area (Å²) < 4.78 is 11.2. The lowest BCUT2D eigenvalue weighted by Crippen LogP contribution is -2.37. The molecule has 7 nitrogen and oxygen atoms in total. The van der Waals surface area contributed by atoms with Gasteiger partial charge in [-0.15, -0.1) is 0 Å². The molecule has 1 saturated heterocycles. The van der Waals surface area contributed by atoms with Crippen molar-refractivity contribution in [2.45, 2.75) is 44.7 Å². The number of benzene rings is 1. The molecule has 3 N–H and O–H groups in total. The zero-order valence-corrected chi connectivity index (χ0v) is 16.0. The van der Waals surface area contributed by atoms with Crippen LogP contribution >= 0.6 is 0 Å². The smallest absolute Gasteiger partial charge is 0.140 e. The number of aliphatic hydroxyl groups excluding tert-OH is 2. The van der Waals surface area contributed by atoms with Gasteiger partial charge in [-0.2, -0.15) is 0 Å². The number of aromatic nitrogens is 3. The monoisotopic (exact) mass is 383 g/mol. The van der Waals surface area contributed by atoms with E-state index in [2.05, 4.69) is 27.9 Å². The van der Waals surface area contributed by atoms with Crippen LogP contribution in [-0.4, -0.2) is 56.7 Å². The highest BCUT2D eigenvalue weighted by atomic mass is 16.6. The second-order valence-electron chi connectivity index (χ2n) is 7.30. The van der Waals surface area contributed by atoms with Gasteiger partial charge in [-0.05, 0) is 37.5 Å². The highest BCUT2D eigenvalue weighted by Crippen LogP contribution is 2.35. The summed E-state index contributed by atoms with van der Waals surface area (Å²) in [5.74, 6) is 0. The van der Waals surface area contributed by atoms with Crippen LogP contribution in [0.2, 0.25) is 0 Å². The minimum Gasteiger partial charge on any atom is -0.388 e. The molecule has 0 spiro atoms. The van der Waals surface area contributed by atoms with Crippen molar-refractivity contribution in [1.82, 2.24) is 15.0 Å². The lowest BCUT2D eigenvalue weighted by atomic mass is 9.91. The van der Waals surface area contributed by atoms with Crippen molar-refractivity contribution in [3.63, 3.8) is 0 Å². The minimum atomic E-state index is -0.873. The van der Waals surface area contributed by atoms with Crippen LogP contribution in [0.1, 0.15) is 28.5 Å². The van der Waals surface area contributed by atoms with E-state index in [-0.39, 0.29) is 12.7 Å². The number of fused-ring (bicyclic) bond motifs is 2. The summed E-state index contributed by atoms with van der Waals surface area (Å²) in [7, 11) is 0. The summed E-state index contributed by atoms with van der Waals surface area (Å²) in [5.41, 5.74) is 5.48. The molecule has 148 valence electrons. The largest absolute Gasteiger partial charge is 0.388 e. The molecule has 0 aliphatic carbocycles. The molecule has 28 heavy (non-hydrogen) atoms. The van der Waals surface area contributed by atoms with Gasteiger partial charge < -0.3 is 24.7 Å². The Balaban J connectivity index is 0.000000162. The van der Waals surface area contributed by atoms with Gasteiger partial charge in [-0.25, -0.2) is 9.97 Å². The third-order valence-electron chi connectivity index (χ3n) is 5.32. The molecule has 3 aromatic rings. The molecule has 5 rings (SSSR count). The van der Waals surface area contributed by atoms with Crippen molar-refractivity contribution >= 4 is 11.0 Å². The van der Waals surface area contributed by atoms with Crippen molar-refractivity contribution in [3.05, 3.63) is 59.2 Å². The highest BCUT2D eigenvalue weighted by Gasteiger charge is 2.42. The van der Waals surface area contributed by atoms with Gasteiger partial charge in [0.05, 0.1) is 18.9 Å². The Morgan fingerprint density at radius 3 is 2.71 bits per heavy atom. The molecule has 0 bridgehead atoms. The molecule has 1 aromatic carbocycles. The molecule has 0 saturated carbocycles. The number of ether oxygens (including phenoxy) is 2. The first-order valence-corrected chi connectivity index (χ1v) is 9.48. The number of aliphatic hydroxyl groups is 2. The van der Waals surface area contributed by atoms with Crippen LogP contribution in [0, 0.1) is 13.8 Å². The van der Waals surface area contributed by atoms with Crippen molar-refractivity contribution in [2.24, 2.45) is 0 Å². The fourth-order valence-corrected chi connectivity index (χ4v) is 3.78. The van der Waals surface area contributed by atoms with E-state index in [9.17, 15) is 10.2 Å². The Hall–Kier alpha value is -2.32. The van der Waals surface area contributed by atoms with Gasteiger partial charge >= 0.3 is 0 Å². The first-order valence-electron chi connectivity index (χ1n) is 9.48. The predicted octanol–water partition coefficient (Wildman–Crippen LogP) is 2.00. The zero-order chi connectivity index (χ0) is 19.7. The lowest BCUT2D eigenvalue weighted by molar-refractivity contribution is -0.0902. The van der Waals surface area contributed by atoms with Gasteiger partial charge in [0.25, 0.3) is 0 Å². The zero-order valence-electron chi connectivity index (χ0n) is 16.0. The number of hydrogen-bond acceptors (Lipinski definition) is 6. The van der Waals surface area contributed by atoms with Crippen molar-refractivity contribution in [1.29, 1.82) is 0 Å². The van der Waals surface area contributed by atoms with Crippen LogP contribution in [0.25, 0.3) is 11.0 Å². The number of H-pyrrole nitrogens is 1. The summed E-state index contributed by atoms with van der Waals surface area (Å²) in [4.78, 5) is 11.1. The topological polar surface area (TPSA) is 100 Å². The normalized spacial score (nSPS) is 26.6. The Labute approximate surface area is 163 Å². The van der Waals surface area contributed by atoms with Crippen LogP contribution in [0.3, 0.4) is 0 Å². The molecule has 4 unspecified atom stereocenters. The van der Waals surface area contributed by atoms with E-state index in [1.54, 1.807) is 6.33 Å². The number of hydrogen-bond donors (Lipinski definition) is 3. The molecule has 7 heteroatoms. The molecule has 2 aliphatic heterocycles. The number of nitrogens with zero attached hydrogens (tertiary/aromatic N) is 2. The summed E-state index contributed by atoms with van der Waals surface area (Å²) in [5, 5.41) is 20.6. The number of rotatable bonds is 1. The maximum atomic E-state index is 9.93. The molecule has 2 aliphatic rings. The second-order valence-corrected chi connectivity index (χ2v) is 7.30. The Morgan fingerprint density at radius 1 is 1.11 bits per heavy atom. The van der Waals surface area contributed by atoms with Crippen LogP contribution < -0.4 is 0 Å². The van der Waals surface area contributed by atoms with Crippen LogP contribution in [0.5, 0.6) is 0 Å². The Morgan fingerprint density at radius 2 is 1.96 bits per heavy atom. The van der Waals surface area contributed by atoms with E-state index in [0.29, 0.717) is 6.61 Å². The van der Waals surface area contributed by atoms with Gasteiger partial charge in [0, 0.05) is 11.6 Å². The molecule has 2 aromatic heterocycles. The van der Waals surface area contributed by atoms with Gasteiger partial charge in [0.1, 0.15) is 36.4 Å².